The van der Waals surface area contributed by atoms with E-state index in [1.807, 2.05) is 0 Å². The Labute approximate surface area is 129 Å². The van der Waals surface area contributed by atoms with Crippen LogP contribution in [0.2, 0.25) is 0 Å². The van der Waals surface area contributed by atoms with Crippen molar-refractivity contribution in [2.75, 3.05) is 39.4 Å². The molecule has 1 aliphatic rings. The average Bonchev–Trinajstić information content (AvgIpc) is 2.47. The molecule has 0 aliphatic carbocycles. The summed E-state index contributed by atoms with van der Waals surface area (Å²) in [6.45, 7) is 14.7. The Morgan fingerprint density at radius 1 is 1.10 bits per heavy atom. The van der Waals surface area contributed by atoms with Crippen molar-refractivity contribution in [2.45, 2.75) is 39.2 Å². The summed E-state index contributed by atoms with van der Waals surface area (Å²) < 4.78 is 5.39. The van der Waals surface area contributed by atoms with Crippen LogP contribution in [0.25, 0.3) is 0 Å². The van der Waals surface area contributed by atoms with Gasteiger partial charge in [-0.2, -0.15) is 0 Å². The second-order valence-electron chi connectivity index (χ2n) is 7.19. The molecule has 3 N–H and O–H groups in total. The molecule has 0 amide bonds. The standard InChI is InChI=1S/C18H30N2O/c1-18(2,3)17-7-5-16(6-8-17)15-19-9-4-10-20-11-13-21-14-12-20/h5-8,19H,4,9-15H2,1-3H3/p+2. The molecule has 0 aromatic heterocycles. The van der Waals surface area contributed by atoms with Gasteiger partial charge in [-0.3, -0.25) is 0 Å². The van der Waals surface area contributed by atoms with Gasteiger partial charge in [-0.15, -0.1) is 0 Å². The highest BCUT2D eigenvalue weighted by Crippen LogP contribution is 2.21. The predicted octanol–water partition coefficient (Wildman–Crippen LogP) is 0.353. The molecular formula is C18H32N2O+2. The maximum Gasteiger partial charge on any atom is 0.101 e. The molecule has 1 heterocycles. The van der Waals surface area contributed by atoms with Crippen molar-refractivity contribution < 1.29 is 15.0 Å². The van der Waals surface area contributed by atoms with Crippen molar-refractivity contribution in [1.82, 2.24) is 0 Å². The quantitative estimate of drug-likeness (QED) is 0.728. The van der Waals surface area contributed by atoms with E-state index in [1.54, 1.807) is 4.90 Å². The summed E-state index contributed by atoms with van der Waals surface area (Å²) >= 11 is 0. The monoisotopic (exact) mass is 292 g/mol. The lowest BCUT2D eigenvalue weighted by molar-refractivity contribution is -0.909. The Hall–Kier alpha value is -0.900. The minimum absolute atomic E-state index is 0.253. The van der Waals surface area contributed by atoms with Gasteiger partial charge in [-0.1, -0.05) is 45.0 Å². The molecule has 21 heavy (non-hydrogen) atoms. The summed E-state index contributed by atoms with van der Waals surface area (Å²) in [5.74, 6) is 0. The summed E-state index contributed by atoms with van der Waals surface area (Å²) in [4.78, 5) is 1.71. The molecule has 1 aromatic carbocycles. The molecule has 1 aliphatic heterocycles. The maximum absolute atomic E-state index is 5.39. The zero-order valence-electron chi connectivity index (χ0n) is 14.0. The van der Waals surface area contributed by atoms with Crippen LogP contribution in [0.1, 0.15) is 38.3 Å². The van der Waals surface area contributed by atoms with E-state index in [1.165, 1.54) is 43.7 Å². The molecule has 3 heteroatoms. The SMILES string of the molecule is CC(C)(C)c1ccc(C[NH2+]CCC[NH+]2CCOCC2)cc1. The average molecular weight is 292 g/mol. The smallest absolute Gasteiger partial charge is 0.101 e. The third-order valence-electron chi connectivity index (χ3n) is 4.34. The Bertz CT molecular complexity index is 402. The maximum atomic E-state index is 5.39. The van der Waals surface area contributed by atoms with Crippen molar-refractivity contribution in [3.05, 3.63) is 35.4 Å². The predicted molar refractivity (Wildman–Crippen MR) is 86.6 cm³/mol. The number of hydrogen-bond donors (Lipinski definition) is 2. The van der Waals surface area contributed by atoms with E-state index in [0.717, 1.165) is 19.8 Å². The zero-order valence-corrected chi connectivity index (χ0v) is 14.0. The molecule has 1 saturated heterocycles. The summed E-state index contributed by atoms with van der Waals surface area (Å²) in [6.07, 6.45) is 1.30. The van der Waals surface area contributed by atoms with Crippen LogP contribution in [0.15, 0.2) is 24.3 Å². The van der Waals surface area contributed by atoms with Gasteiger partial charge in [0, 0.05) is 12.0 Å². The number of quaternary nitrogens is 2. The fraction of sp³-hybridized carbons (Fsp3) is 0.667. The molecule has 0 spiro atoms. The van der Waals surface area contributed by atoms with Crippen LogP contribution >= 0.6 is 0 Å². The van der Waals surface area contributed by atoms with Gasteiger partial charge in [-0.05, 0) is 11.0 Å². The van der Waals surface area contributed by atoms with Gasteiger partial charge in [0.15, 0.2) is 0 Å². The molecule has 2 rings (SSSR count). The van der Waals surface area contributed by atoms with Crippen LogP contribution in [0.3, 0.4) is 0 Å². The topological polar surface area (TPSA) is 30.3 Å². The highest BCUT2D eigenvalue weighted by molar-refractivity contribution is 5.26. The van der Waals surface area contributed by atoms with Crippen molar-refractivity contribution in [1.29, 1.82) is 0 Å². The fourth-order valence-electron chi connectivity index (χ4n) is 2.82. The van der Waals surface area contributed by atoms with Gasteiger partial charge in [0.1, 0.15) is 19.6 Å². The molecule has 0 unspecified atom stereocenters. The largest absolute Gasteiger partial charge is 0.370 e. The number of nitrogens with one attached hydrogen (secondary N) is 1. The van der Waals surface area contributed by atoms with Crippen LogP contribution in [-0.4, -0.2) is 39.4 Å². The Kier molecular flexibility index (Phi) is 6.22. The van der Waals surface area contributed by atoms with E-state index >= 15 is 0 Å². The van der Waals surface area contributed by atoms with Gasteiger partial charge in [-0.25, -0.2) is 0 Å². The van der Waals surface area contributed by atoms with Gasteiger partial charge in [0.2, 0.25) is 0 Å². The van der Waals surface area contributed by atoms with Crippen LogP contribution in [-0.2, 0) is 16.7 Å². The second kappa shape index (κ2) is 7.92. The molecule has 1 aromatic rings. The van der Waals surface area contributed by atoms with E-state index in [4.69, 9.17) is 4.74 Å². The number of morpholine rings is 1. The molecule has 0 radical (unpaired) electrons. The first kappa shape index (κ1) is 16.5. The van der Waals surface area contributed by atoms with E-state index in [0.29, 0.717) is 0 Å². The van der Waals surface area contributed by atoms with E-state index in [9.17, 15) is 0 Å². The van der Waals surface area contributed by atoms with Gasteiger partial charge < -0.3 is 15.0 Å². The Balaban J connectivity index is 1.62. The summed E-state index contributed by atoms with van der Waals surface area (Å²) in [7, 11) is 0. The van der Waals surface area contributed by atoms with E-state index < -0.39 is 0 Å². The van der Waals surface area contributed by atoms with Gasteiger partial charge in [0.05, 0.1) is 26.3 Å². The van der Waals surface area contributed by atoms with Gasteiger partial charge in [0.25, 0.3) is 0 Å². The zero-order chi connectivity index (χ0) is 15.1. The Morgan fingerprint density at radius 2 is 1.76 bits per heavy atom. The summed E-state index contributed by atoms with van der Waals surface area (Å²) in [5, 5.41) is 2.44. The number of benzene rings is 1. The molecule has 0 saturated carbocycles. The third-order valence-corrected chi connectivity index (χ3v) is 4.34. The lowest BCUT2D eigenvalue weighted by Crippen LogP contribution is -3.14. The number of hydrogen-bond acceptors (Lipinski definition) is 1. The molecule has 0 bridgehead atoms. The molecular weight excluding hydrogens is 260 g/mol. The minimum atomic E-state index is 0.253. The normalized spacial score (nSPS) is 17.1. The van der Waals surface area contributed by atoms with Crippen molar-refractivity contribution in [3.63, 3.8) is 0 Å². The third kappa shape index (κ3) is 5.77. The highest BCUT2D eigenvalue weighted by Gasteiger charge is 2.14. The van der Waals surface area contributed by atoms with Crippen molar-refractivity contribution in [3.8, 4) is 0 Å². The summed E-state index contributed by atoms with van der Waals surface area (Å²) in [6, 6.07) is 9.12. The van der Waals surface area contributed by atoms with Gasteiger partial charge >= 0.3 is 0 Å². The fourth-order valence-corrected chi connectivity index (χ4v) is 2.82. The number of nitrogens with two attached hydrogens (primary N) is 1. The first-order valence-electron chi connectivity index (χ1n) is 8.38. The lowest BCUT2D eigenvalue weighted by Gasteiger charge is -2.23. The second-order valence-corrected chi connectivity index (χ2v) is 7.19. The van der Waals surface area contributed by atoms with Crippen LogP contribution in [0.4, 0.5) is 0 Å². The van der Waals surface area contributed by atoms with Crippen LogP contribution < -0.4 is 10.2 Å². The van der Waals surface area contributed by atoms with E-state index in [-0.39, 0.29) is 5.41 Å². The first-order valence-corrected chi connectivity index (χ1v) is 8.38. The van der Waals surface area contributed by atoms with E-state index in [2.05, 4.69) is 50.4 Å². The highest BCUT2D eigenvalue weighted by atomic mass is 16.5. The van der Waals surface area contributed by atoms with Crippen LogP contribution in [0.5, 0.6) is 0 Å². The van der Waals surface area contributed by atoms with Crippen molar-refractivity contribution >= 4 is 0 Å². The first-order chi connectivity index (χ1) is 10.1. The molecule has 1 fully saturated rings. The molecule has 118 valence electrons. The molecule has 3 nitrogen and oxygen atoms in total. The Morgan fingerprint density at radius 3 is 2.38 bits per heavy atom. The van der Waals surface area contributed by atoms with Crippen LogP contribution in [0, 0.1) is 0 Å². The minimum Gasteiger partial charge on any atom is -0.370 e. The van der Waals surface area contributed by atoms with Crippen molar-refractivity contribution in [2.24, 2.45) is 0 Å². The number of ether oxygens (including phenoxy) is 1. The number of rotatable bonds is 6. The summed E-state index contributed by atoms with van der Waals surface area (Å²) in [5.41, 5.74) is 3.10. The molecule has 0 atom stereocenters. The lowest BCUT2D eigenvalue weighted by atomic mass is 9.87.